The minimum Gasteiger partial charge on any atom is -0.468 e. The molecule has 0 N–H and O–H groups in total. The molecule has 0 saturated heterocycles. The molecule has 1 rings (SSSR count). The van der Waals surface area contributed by atoms with Crippen LogP contribution in [0, 0.1) is 8.99 Å². The number of rotatable bonds is 7. The number of halogens is 1. The molecule has 3 nitrogen and oxygen atoms in total. The fraction of sp³-hybridized carbons (Fsp3) is 0.529. The first-order chi connectivity index (χ1) is 9.75. The first-order valence-corrected chi connectivity index (χ1v) is 8.14. The Hall–Kier alpha value is -0.910. The molecule has 0 aliphatic carbocycles. The molecule has 1 atom stereocenters. The summed E-state index contributed by atoms with van der Waals surface area (Å²) < 4.78 is 6.13. The maximum atomic E-state index is 12.3. The van der Waals surface area contributed by atoms with Crippen LogP contribution in [0.3, 0.4) is 0 Å². The number of carbonyl (C=O) groups excluding carboxylic acids is 2. The van der Waals surface area contributed by atoms with Crippen molar-refractivity contribution in [3.63, 3.8) is 0 Å². The van der Waals surface area contributed by atoms with Crippen LogP contribution in [0.2, 0.25) is 0 Å². The molecule has 1 unspecified atom stereocenters. The van der Waals surface area contributed by atoms with Crippen LogP contribution in [0.25, 0.3) is 0 Å². The monoisotopic (exact) mass is 402 g/mol. The van der Waals surface area contributed by atoms with Crippen LogP contribution in [0.4, 0.5) is 0 Å². The fourth-order valence-electron chi connectivity index (χ4n) is 2.36. The predicted molar refractivity (Wildman–Crippen MR) is 92.2 cm³/mol. The van der Waals surface area contributed by atoms with Gasteiger partial charge < -0.3 is 9.53 Å². The topological polar surface area (TPSA) is 43.4 Å². The lowest BCUT2D eigenvalue weighted by Crippen LogP contribution is -2.34. The van der Waals surface area contributed by atoms with Gasteiger partial charge >= 0.3 is 5.97 Å². The standard InChI is InChI=1S/C17H23IO3/c1-16(2,12-19)10-5-11-17(3,15(20)21-4)13-6-8-14(18)9-7-13/h6-9,12H,5,10-11H2,1-4H3. The second-order valence-electron chi connectivity index (χ2n) is 6.29. The van der Waals surface area contributed by atoms with Gasteiger partial charge in [0.25, 0.3) is 0 Å². The average Bonchev–Trinajstić information content (AvgIpc) is 2.46. The Bertz CT molecular complexity index is 493. The van der Waals surface area contributed by atoms with E-state index < -0.39 is 5.41 Å². The summed E-state index contributed by atoms with van der Waals surface area (Å²) in [4.78, 5) is 23.2. The molecule has 116 valence electrons. The molecular weight excluding hydrogens is 379 g/mol. The summed E-state index contributed by atoms with van der Waals surface area (Å²) in [6.45, 7) is 5.75. The zero-order valence-corrected chi connectivity index (χ0v) is 15.3. The lowest BCUT2D eigenvalue weighted by atomic mass is 9.76. The Morgan fingerprint density at radius 2 is 1.76 bits per heavy atom. The summed E-state index contributed by atoms with van der Waals surface area (Å²) >= 11 is 2.24. The molecule has 0 aliphatic heterocycles. The molecule has 0 aromatic heterocycles. The van der Waals surface area contributed by atoms with Crippen LogP contribution in [0.15, 0.2) is 24.3 Å². The maximum absolute atomic E-state index is 12.3. The second-order valence-corrected chi connectivity index (χ2v) is 7.54. The summed E-state index contributed by atoms with van der Waals surface area (Å²) in [5.41, 5.74) is -0.0556. The molecule has 4 heteroatoms. The third-order valence-corrected chi connectivity index (χ3v) is 4.65. The van der Waals surface area contributed by atoms with Crippen molar-refractivity contribution < 1.29 is 14.3 Å². The van der Waals surface area contributed by atoms with Crippen molar-refractivity contribution in [3.05, 3.63) is 33.4 Å². The van der Waals surface area contributed by atoms with Crippen LogP contribution >= 0.6 is 22.6 Å². The summed E-state index contributed by atoms with van der Waals surface area (Å²) in [5, 5.41) is 0. The van der Waals surface area contributed by atoms with Gasteiger partial charge in [0.1, 0.15) is 6.29 Å². The van der Waals surface area contributed by atoms with Gasteiger partial charge in [-0.15, -0.1) is 0 Å². The minimum atomic E-state index is -0.669. The highest BCUT2D eigenvalue weighted by Crippen LogP contribution is 2.33. The lowest BCUT2D eigenvalue weighted by Gasteiger charge is -2.28. The third-order valence-electron chi connectivity index (χ3n) is 3.93. The van der Waals surface area contributed by atoms with Crippen molar-refractivity contribution in [1.82, 2.24) is 0 Å². The van der Waals surface area contributed by atoms with Crippen molar-refractivity contribution in [1.29, 1.82) is 0 Å². The van der Waals surface area contributed by atoms with Crippen molar-refractivity contribution in [3.8, 4) is 0 Å². The summed E-state index contributed by atoms with van der Waals surface area (Å²) in [6, 6.07) is 7.94. The van der Waals surface area contributed by atoms with Crippen molar-refractivity contribution in [2.45, 2.75) is 45.4 Å². The van der Waals surface area contributed by atoms with E-state index in [1.807, 2.05) is 45.0 Å². The molecule has 0 fully saturated rings. The highest BCUT2D eigenvalue weighted by molar-refractivity contribution is 14.1. The molecule has 0 saturated carbocycles. The lowest BCUT2D eigenvalue weighted by molar-refractivity contribution is -0.147. The number of hydrogen-bond donors (Lipinski definition) is 0. The van der Waals surface area contributed by atoms with Gasteiger partial charge in [-0.05, 0) is 60.1 Å². The van der Waals surface area contributed by atoms with E-state index >= 15 is 0 Å². The Balaban J connectivity index is 2.92. The molecule has 0 heterocycles. The number of methoxy groups -OCH3 is 1. The first-order valence-electron chi connectivity index (χ1n) is 7.06. The van der Waals surface area contributed by atoms with Gasteiger partial charge in [-0.3, -0.25) is 4.79 Å². The SMILES string of the molecule is COC(=O)C(C)(CCCC(C)(C)C=O)c1ccc(I)cc1. The number of carbonyl (C=O) groups is 2. The Morgan fingerprint density at radius 3 is 2.24 bits per heavy atom. The molecule has 0 radical (unpaired) electrons. The van der Waals surface area contributed by atoms with Gasteiger partial charge in [-0.2, -0.15) is 0 Å². The van der Waals surface area contributed by atoms with Crippen LogP contribution in [0.5, 0.6) is 0 Å². The molecule has 1 aromatic rings. The molecule has 21 heavy (non-hydrogen) atoms. The van der Waals surface area contributed by atoms with E-state index in [0.717, 1.165) is 28.3 Å². The van der Waals surface area contributed by atoms with Gasteiger partial charge in [0.05, 0.1) is 12.5 Å². The zero-order valence-electron chi connectivity index (χ0n) is 13.1. The van der Waals surface area contributed by atoms with Crippen LogP contribution in [-0.2, 0) is 19.7 Å². The number of hydrogen-bond acceptors (Lipinski definition) is 3. The molecule has 0 aliphatic rings. The summed E-state index contributed by atoms with van der Waals surface area (Å²) in [5.74, 6) is -0.229. The smallest absolute Gasteiger partial charge is 0.315 e. The second kappa shape index (κ2) is 7.38. The third kappa shape index (κ3) is 4.80. The van der Waals surface area contributed by atoms with Gasteiger partial charge in [0.15, 0.2) is 0 Å². The molecule has 0 spiro atoms. The maximum Gasteiger partial charge on any atom is 0.315 e. The van der Waals surface area contributed by atoms with Crippen LogP contribution in [0.1, 0.15) is 45.6 Å². The van der Waals surface area contributed by atoms with E-state index in [0.29, 0.717) is 6.42 Å². The quantitative estimate of drug-likeness (QED) is 0.392. The van der Waals surface area contributed by atoms with Crippen LogP contribution in [-0.4, -0.2) is 19.4 Å². The summed E-state index contributed by atoms with van der Waals surface area (Å²) in [7, 11) is 1.42. The Morgan fingerprint density at radius 1 is 1.19 bits per heavy atom. The van der Waals surface area contributed by atoms with Crippen LogP contribution < -0.4 is 0 Å². The van der Waals surface area contributed by atoms with E-state index in [4.69, 9.17) is 4.74 Å². The Kier molecular flexibility index (Phi) is 6.38. The van der Waals surface area contributed by atoms with E-state index in [1.165, 1.54) is 7.11 Å². The summed E-state index contributed by atoms with van der Waals surface area (Å²) in [6.07, 6.45) is 3.20. The molecule has 0 amide bonds. The fourth-order valence-corrected chi connectivity index (χ4v) is 2.72. The molecular formula is C17H23IO3. The normalized spacial score (nSPS) is 14.3. The van der Waals surface area contributed by atoms with E-state index in [-0.39, 0.29) is 11.4 Å². The van der Waals surface area contributed by atoms with Gasteiger partial charge in [-0.1, -0.05) is 32.4 Å². The van der Waals surface area contributed by atoms with Crippen molar-refractivity contribution in [2.24, 2.45) is 5.41 Å². The largest absolute Gasteiger partial charge is 0.468 e. The van der Waals surface area contributed by atoms with E-state index in [2.05, 4.69) is 22.6 Å². The first kappa shape index (κ1) is 18.1. The average molecular weight is 402 g/mol. The van der Waals surface area contributed by atoms with Gasteiger partial charge in [-0.25, -0.2) is 0 Å². The minimum absolute atomic E-state index is 0.229. The molecule has 0 bridgehead atoms. The van der Waals surface area contributed by atoms with Crippen molar-refractivity contribution >= 4 is 34.8 Å². The van der Waals surface area contributed by atoms with Gasteiger partial charge in [0.2, 0.25) is 0 Å². The number of esters is 1. The zero-order chi connectivity index (χ0) is 16.1. The number of aldehydes is 1. The highest BCUT2D eigenvalue weighted by atomic mass is 127. The Labute approximate surface area is 140 Å². The highest BCUT2D eigenvalue weighted by Gasteiger charge is 2.36. The molecule has 1 aromatic carbocycles. The van der Waals surface area contributed by atoms with E-state index in [9.17, 15) is 9.59 Å². The number of benzene rings is 1. The van der Waals surface area contributed by atoms with Crippen molar-refractivity contribution in [2.75, 3.05) is 7.11 Å². The van der Waals surface area contributed by atoms with Gasteiger partial charge in [0, 0.05) is 8.99 Å². The van der Waals surface area contributed by atoms with E-state index in [1.54, 1.807) is 0 Å². The predicted octanol–water partition coefficient (Wildman–Crippen LogP) is 4.12. The number of ether oxygens (including phenoxy) is 1.